The molecule has 1 aromatic heterocycles. The van der Waals surface area contributed by atoms with Crippen molar-refractivity contribution < 1.29 is 17.9 Å². The number of fused-ring (bicyclic) bond motifs is 1. The Bertz CT molecular complexity index is 587. The van der Waals surface area contributed by atoms with E-state index < -0.39 is 15.2 Å². The number of hydrogen-bond donors (Lipinski definition) is 2. The molecule has 0 aliphatic rings. The average molecular weight is 214 g/mol. The van der Waals surface area contributed by atoms with E-state index in [0.717, 1.165) is 0 Å². The molecule has 6 nitrogen and oxygen atoms in total. The van der Waals surface area contributed by atoms with Gasteiger partial charge < -0.3 is 9.52 Å². The van der Waals surface area contributed by atoms with Crippen LogP contribution in [0.5, 0.6) is 5.75 Å². The van der Waals surface area contributed by atoms with E-state index in [0.29, 0.717) is 5.52 Å². The minimum absolute atomic E-state index is 0.0328. The zero-order valence-corrected chi connectivity index (χ0v) is 7.65. The number of nitrogens with two attached hydrogens (primary N) is 1. The molecule has 0 fully saturated rings. The van der Waals surface area contributed by atoms with Gasteiger partial charge in [0, 0.05) is 6.07 Å². The summed E-state index contributed by atoms with van der Waals surface area (Å²) in [6.07, 6.45) is 0. The van der Waals surface area contributed by atoms with E-state index in [1.165, 1.54) is 18.2 Å². The van der Waals surface area contributed by atoms with Crippen molar-refractivity contribution in [3.63, 3.8) is 0 Å². The third-order valence-electron chi connectivity index (χ3n) is 1.60. The van der Waals surface area contributed by atoms with Gasteiger partial charge in [-0.2, -0.15) is 4.98 Å². The zero-order valence-electron chi connectivity index (χ0n) is 6.84. The molecule has 7 heteroatoms. The first-order valence-corrected chi connectivity index (χ1v) is 5.14. The second kappa shape index (κ2) is 2.69. The SMILES string of the molecule is NS(=O)(=O)c1nc2ccc(O)cc2o1. The number of hydrogen-bond acceptors (Lipinski definition) is 5. The van der Waals surface area contributed by atoms with E-state index in [2.05, 4.69) is 4.98 Å². The molecule has 2 rings (SSSR count). The third kappa shape index (κ3) is 1.42. The van der Waals surface area contributed by atoms with Crippen LogP contribution in [0.25, 0.3) is 11.1 Å². The Morgan fingerprint density at radius 1 is 1.43 bits per heavy atom. The Labute approximate surface area is 79.0 Å². The highest BCUT2D eigenvalue weighted by Crippen LogP contribution is 2.21. The molecule has 14 heavy (non-hydrogen) atoms. The first-order valence-electron chi connectivity index (χ1n) is 3.59. The summed E-state index contributed by atoms with van der Waals surface area (Å²) in [4.78, 5) is 3.63. The lowest BCUT2D eigenvalue weighted by Gasteiger charge is -1.87. The first kappa shape index (κ1) is 8.97. The lowest BCUT2D eigenvalue weighted by Crippen LogP contribution is -2.12. The fourth-order valence-electron chi connectivity index (χ4n) is 1.01. The van der Waals surface area contributed by atoms with Gasteiger partial charge in [0.2, 0.25) is 0 Å². The third-order valence-corrected chi connectivity index (χ3v) is 2.26. The molecule has 0 atom stereocenters. The molecular weight excluding hydrogens is 208 g/mol. The summed E-state index contributed by atoms with van der Waals surface area (Å²) >= 11 is 0. The summed E-state index contributed by atoms with van der Waals surface area (Å²) in [5, 5.41) is 13.3. The van der Waals surface area contributed by atoms with Gasteiger partial charge in [0.15, 0.2) is 5.58 Å². The molecule has 0 saturated carbocycles. The second-order valence-electron chi connectivity index (χ2n) is 2.68. The van der Waals surface area contributed by atoms with Gasteiger partial charge in [-0.25, -0.2) is 13.6 Å². The van der Waals surface area contributed by atoms with Crippen LogP contribution in [-0.2, 0) is 10.0 Å². The normalized spacial score (nSPS) is 12.1. The van der Waals surface area contributed by atoms with Crippen LogP contribution in [-0.4, -0.2) is 18.5 Å². The Hall–Kier alpha value is -1.60. The van der Waals surface area contributed by atoms with E-state index in [1.54, 1.807) is 0 Å². The number of aromatic nitrogens is 1. The van der Waals surface area contributed by atoms with E-state index in [9.17, 15) is 8.42 Å². The molecule has 0 amide bonds. The Morgan fingerprint density at radius 2 is 2.14 bits per heavy atom. The van der Waals surface area contributed by atoms with Crippen LogP contribution < -0.4 is 5.14 Å². The minimum atomic E-state index is -3.94. The van der Waals surface area contributed by atoms with Crippen molar-refractivity contribution in [2.24, 2.45) is 5.14 Å². The summed E-state index contributed by atoms with van der Waals surface area (Å²) in [5.74, 6) is -0.0328. The van der Waals surface area contributed by atoms with Crippen molar-refractivity contribution in [3.05, 3.63) is 18.2 Å². The topological polar surface area (TPSA) is 106 Å². The van der Waals surface area contributed by atoms with Crippen molar-refractivity contribution >= 4 is 21.1 Å². The molecule has 0 spiro atoms. The van der Waals surface area contributed by atoms with Gasteiger partial charge in [0.1, 0.15) is 11.3 Å². The van der Waals surface area contributed by atoms with Gasteiger partial charge in [-0.05, 0) is 12.1 Å². The van der Waals surface area contributed by atoms with Gasteiger partial charge in [-0.15, -0.1) is 0 Å². The predicted octanol–water partition coefficient (Wildman–Crippen LogP) is 0.181. The van der Waals surface area contributed by atoms with Crippen LogP contribution in [0.4, 0.5) is 0 Å². The number of sulfonamides is 1. The van der Waals surface area contributed by atoms with Crippen LogP contribution in [0.1, 0.15) is 0 Å². The molecule has 0 radical (unpaired) electrons. The van der Waals surface area contributed by atoms with Gasteiger partial charge in [-0.1, -0.05) is 0 Å². The summed E-state index contributed by atoms with van der Waals surface area (Å²) in [5.41, 5.74) is 0.501. The van der Waals surface area contributed by atoms with Crippen LogP contribution in [0, 0.1) is 0 Å². The molecule has 1 heterocycles. The molecule has 0 bridgehead atoms. The number of oxazole rings is 1. The smallest absolute Gasteiger partial charge is 0.331 e. The molecule has 74 valence electrons. The van der Waals surface area contributed by atoms with E-state index in [4.69, 9.17) is 14.7 Å². The largest absolute Gasteiger partial charge is 0.508 e. The zero-order chi connectivity index (χ0) is 10.3. The summed E-state index contributed by atoms with van der Waals surface area (Å²) < 4.78 is 26.5. The maximum atomic E-state index is 10.8. The summed E-state index contributed by atoms with van der Waals surface area (Å²) in [7, 11) is -3.94. The number of phenolic OH excluding ortho intramolecular Hbond substituents is 1. The van der Waals surface area contributed by atoms with Crippen molar-refractivity contribution in [1.82, 2.24) is 4.98 Å². The standard InChI is InChI=1S/C7H6N2O4S/c8-14(11,12)7-9-5-2-1-4(10)3-6(5)13-7/h1-3,10H,(H2,8,11,12). The predicted molar refractivity (Wildman–Crippen MR) is 47.0 cm³/mol. The van der Waals surface area contributed by atoms with E-state index in [-0.39, 0.29) is 11.3 Å². The highest BCUT2D eigenvalue weighted by atomic mass is 32.2. The number of nitrogens with zero attached hydrogens (tertiary/aromatic N) is 1. The Morgan fingerprint density at radius 3 is 2.79 bits per heavy atom. The molecule has 3 N–H and O–H groups in total. The fraction of sp³-hybridized carbons (Fsp3) is 0. The van der Waals surface area contributed by atoms with E-state index >= 15 is 0 Å². The summed E-state index contributed by atoms with van der Waals surface area (Å²) in [6, 6.07) is 4.07. The maximum absolute atomic E-state index is 10.8. The van der Waals surface area contributed by atoms with Gasteiger partial charge >= 0.3 is 5.22 Å². The number of benzene rings is 1. The van der Waals surface area contributed by atoms with Gasteiger partial charge in [-0.3, -0.25) is 0 Å². The number of primary sulfonamides is 1. The van der Waals surface area contributed by atoms with Gasteiger partial charge in [0.25, 0.3) is 10.0 Å². The number of rotatable bonds is 1. The van der Waals surface area contributed by atoms with Crippen LogP contribution >= 0.6 is 0 Å². The molecule has 0 saturated heterocycles. The molecule has 1 aromatic carbocycles. The van der Waals surface area contributed by atoms with Gasteiger partial charge in [0.05, 0.1) is 0 Å². The fourth-order valence-corrected chi connectivity index (χ4v) is 1.45. The summed E-state index contributed by atoms with van der Waals surface area (Å²) in [6.45, 7) is 0. The average Bonchev–Trinajstić information content (AvgIpc) is 2.45. The van der Waals surface area contributed by atoms with Crippen LogP contribution in [0.15, 0.2) is 27.8 Å². The minimum Gasteiger partial charge on any atom is -0.508 e. The number of aromatic hydroxyl groups is 1. The number of phenols is 1. The van der Waals surface area contributed by atoms with Crippen LogP contribution in [0.2, 0.25) is 0 Å². The van der Waals surface area contributed by atoms with Crippen molar-refractivity contribution in [2.75, 3.05) is 0 Å². The molecule has 2 aromatic rings. The molecular formula is C7H6N2O4S. The highest BCUT2D eigenvalue weighted by Gasteiger charge is 2.16. The molecule has 0 aliphatic carbocycles. The second-order valence-corrected chi connectivity index (χ2v) is 4.12. The Balaban J connectivity index is 2.75. The molecule has 0 aliphatic heterocycles. The maximum Gasteiger partial charge on any atom is 0.331 e. The lowest BCUT2D eigenvalue weighted by atomic mass is 10.3. The van der Waals surface area contributed by atoms with Crippen LogP contribution in [0.3, 0.4) is 0 Å². The Kier molecular flexibility index (Phi) is 1.73. The van der Waals surface area contributed by atoms with E-state index in [1.807, 2.05) is 0 Å². The molecule has 0 unspecified atom stereocenters. The monoisotopic (exact) mass is 214 g/mol. The van der Waals surface area contributed by atoms with Crippen molar-refractivity contribution in [2.45, 2.75) is 5.22 Å². The first-order chi connectivity index (χ1) is 6.47. The van der Waals surface area contributed by atoms with Crippen molar-refractivity contribution in [3.8, 4) is 5.75 Å². The highest BCUT2D eigenvalue weighted by molar-refractivity contribution is 7.88. The lowest BCUT2D eigenvalue weighted by molar-refractivity contribution is 0.452. The quantitative estimate of drug-likeness (QED) is 0.704. The van der Waals surface area contributed by atoms with Crippen molar-refractivity contribution in [1.29, 1.82) is 0 Å².